The zero-order valence-corrected chi connectivity index (χ0v) is 15.7. The van der Waals surface area contributed by atoms with Crippen LogP contribution in [0.4, 0.5) is 4.39 Å². The van der Waals surface area contributed by atoms with Crippen molar-refractivity contribution in [2.45, 2.75) is 19.4 Å². The van der Waals surface area contributed by atoms with Crippen LogP contribution in [0.3, 0.4) is 0 Å². The fourth-order valence-corrected chi connectivity index (χ4v) is 4.00. The van der Waals surface area contributed by atoms with E-state index in [1.165, 1.54) is 11.3 Å². The van der Waals surface area contributed by atoms with Gasteiger partial charge in [-0.2, -0.15) is 0 Å². The molecule has 0 saturated carbocycles. The quantitative estimate of drug-likeness (QED) is 0.520. The number of benzene rings is 1. The van der Waals surface area contributed by atoms with E-state index < -0.39 is 5.82 Å². The van der Waals surface area contributed by atoms with Gasteiger partial charge >= 0.3 is 0 Å². The molecule has 0 aliphatic heterocycles. The smallest absolute Gasteiger partial charge is 0.148 e. The van der Waals surface area contributed by atoms with Crippen molar-refractivity contribution in [3.8, 4) is 0 Å². The maximum atomic E-state index is 14.5. The minimum atomic E-state index is -0.460. The summed E-state index contributed by atoms with van der Waals surface area (Å²) in [5, 5.41) is 3.36. The average Bonchev–Trinajstić information content (AvgIpc) is 2.77. The monoisotopic (exact) mass is 429 g/mol. The van der Waals surface area contributed by atoms with Crippen LogP contribution >= 0.6 is 62.1 Å². The lowest BCUT2D eigenvalue weighted by Gasteiger charge is -2.20. The minimum absolute atomic E-state index is 0.0632. The molecule has 0 spiro atoms. The van der Waals surface area contributed by atoms with Crippen molar-refractivity contribution >= 4 is 62.1 Å². The molecule has 0 saturated heterocycles. The van der Waals surface area contributed by atoms with E-state index in [9.17, 15) is 4.39 Å². The largest absolute Gasteiger partial charge is 0.306 e. The Kier molecular flexibility index (Phi) is 6.36. The van der Waals surface area contributed by atoms with E-state index in [0.29, 0.717) is 18.7 Å². The maximum Gasteiger partial charge on any atom is 0.148 e. The van der Waals surface area contributed by atoms with Crippen LogP contribution in [0.2, 0.25) is 13.7 Å². The average molecular weight is 432 g/mol. The standard InChI is InChI=1S/C14H12BrCl3FNS/c1-2-5-20-13(8-6-10(16)21-14(8)18)7-3-4-9(15)11(17)12(7)19/h3-4,6,13,20H,2,5H2,1H3. The molecule has 1 heterocycles. The summed E-state index contributed by atoms with van der Waals surface area (Å²) in [6.07, 6.45) is 0.915. The molecule has 1 unspecified atom stereocenters. The highest BCUT2D eigenvalue weighted by molar-refractivity contribution is 9.10. The molecule has 114 valence electrons. The van der Waals surface area contributed by atoms with E-state index in [1.54, 1.807) is 18.2 Å². The van der Waals surface area contributed by atoms with Crippen LogP contribution in [0.1, 0.15) is 30.5 Å². The van der Waals surface area contributed by atoms with Crippen molar-refractivity contribution in [3.63, 3.8) is 0 Å². The lowest BCUT2D eigenvalue weighted by Crippen LogP contribution is -2.24. The van der Waals surface area contributed by atoms with Gasteiger partial charge in [0.05, 0.1) is 19.7 Å². The number of hydrogen-bond acceptors (Lipinski definition) is 2. The summed E-state index contributed by atoms with van der Waals surface area (Å²) in [6.45, 7) is 2.76. The van der Waals surface area contributed by atoms with Crippen molar-refractivity contribution in [3.05, 3.63) is 53.3 Å². The van der Waals surface area contributed by atoms with Gasteiger partial charge in [-0.1, -0.05) is 47.8 Å². The van der Waals surface area contributed by atoms with Gasteiger partial charge < -0.3 is 5.32 Å². The predicted octanol–water partition coefficient (Wildman–Crippen LogP) is 6.70. The molecule has 0 amide bonds. The van der Waals surface area contributed by atoms with Gasteiger partial charge in [-0.05, 0) is 41.0 Å². The Morgan fingerprint density at radius 1 is 1.29 bits per heavy atom. The fraction of sp³-hybridized carbons (Fsp3) is 0.286. The van der Waals surface area contributed by atoms with Gasteiger partial charge in [0.15, 0.2) is 0 Å². The van der Waals surface area contributed by atoms with Crippen molar-refractivity contribution in [1.29, 1.82) is 0 Å². The number of halogens is 5. The van der Waals surface area contributed by atoms with Crippen molar-refractivity contribution < 1.29 is 4.39 Å². The number of nitrogens with one attached hydrogen (secondary N) is 1. The molecule has 1 aromatic carbocycles. The first-order valence-corrected chi connectivity index (χ1v) is 9.01. The molecule has 7 heteroatoms. The van der Waals surface area contributed by atoms with E-state index in [0.717, 1.165) is 18.5 Å². The molecule has 0 aliphatic rings. The second-order valence-electron chi connectivity index (χ2n) is 4.43. The highest BCUT2D eigenvalue weighted by Gasteiger charge is 2.23. The third-order valence-electron chi connectivity index (χ3n) is 2.97. The molecular weight excluding hydrogens is 419 g/mol. The number of hydrogen-bond donors (Lipinski definition) is 1. The maximum absolute atomic E-state index is 14.5. The van der Waals surface area contributed by atoms with E-state index >= 15 is 0 Å². The van der Waals surface area contributed by atoms with Crippen molar-refractivity contribution in [2.24, 2.45) is 0 Å². The zero-order chi connectivity index (χ0) is 15.6. The summed E-state index contributed by atoms with van der Waals surface area (Å²) in [5.41, 5.74) is 1.21. The second kappa shape index (κ2) is 7.62. The normalized spacial score (nSPS) is 12.7. The SMILES string of the molecule is CCCNC(c1cc(Cl)sc1Cl)c1ccc(Br)c(Cl)c1F. The van der Waals surface area contributed by atoms with Gasteiger partial charge in [0.2, 0.25) is 0 Å². The minimum Gasteiger partial charge on any atom is -0.306 e. The molecule has 1 nitrogen and oxygen atoms in total. The second-order valence-corrected chi connectivity index (χ2v) is 7.95. The Morgan fingerprint density at radius 3 is 2.57 bits per heavy atom. The lowest BCUT2D eigenvalue weighted by atomic mass is 10.0. The third-order valence-corrected chi connectivity index (χ3v) is 5.75. The highest BCUT2D eigenvalue weighted by atomic mass is 79.9. The van der Waals surface area contributed by atoms with E-state index in [-0.39, 0.29) is 11.1 Å². The van der Waals surface area contributed by atoms with Crippen LogP contribution in [-0.4, -0.2) is 6.54 Å². The van der Waals surface area contributed by atoms with E-state index in [1.807, 2.05) is 6.92 Å². The summed E-state index contributed by atoms with van der Waals surface area (Å²) in [7, 11) is 0. The summed E-state index contributed by atoms with van der Waals surface area (Å²) in [6, 6.07) is 4.80. The molecule has 0 aliphatic carbocycles. The van der Waals surface area contributed by atoms with Gasteiger partial charge in [0, 0.05) is 15.6 Å². The third kappa shape index (κ3) is 3.92. The van der Waals surface area contributed by atoms with Crippen LogP contribution in [-0.2, 0) is 0 Å². The van der Waals surface area contributed by atoms with Gasteiger partial charge in [-0.3, -0.25) is 0 Å². The Morgan fingerprint density at radius 2 is 2.00 bits per heavy atom. The van der Waals surface area contributed by atoms with Gasteiger partial charge in [0.1, 0.15) is 5.82 Å². The topological polar surface area (TPSA) is 12.0 Å². The van der Waals surface area contributed by atoms with Crippen LogP contribution in [0.5, 0.6) is 0 Å². The molecule has 21 heavy (non-hydrogen) atoms. The number of rotatable bonds is 5. The highest BCUT2D eigenvalue weighted by Crippen LogP contribution is 2.40. The molecule has 2 rings (SSSR count). The molecule has 2 aromatic rings. The Bertz CT molecular complexity index is 647. The van der Waals surface area contributed by atoms with Crippen LogP contribution in [0.15, 0.2) is 22.7 Å². The Hall–Kier alpha value is 0.160. The predicted molar refractivity (Wildman–Crippen MR) is 93.6 cm³/mol. The summed E-state index contributed by atoms with van der Waals surface area (Å²) < 4.78 is 16.1. The van der Waals surface area contributed by atoms with Crippen molar-refractivity contribution in [2.75, 3.05) is 6.54 Å². The first kappa shape index (κ1) is 17.5. The molecule has 1 aromatic heterocycles. The summed E-state index contributed by atoms with van der Waals surface area (Å²) in [4.78, 5) is 0. The molecule has 0 bridgehead atoms. The first-order valence-electron chi connectivity index (χ1n) is 6.27. The Balaban J connectivity index is 2.50. The summed E-state index contributed by atoms with van der Waals surface area (Å²) in [5.74, 6) is -0.460. The van der Waals surface area contributed by atoms with Crippen LogP contribution in [0.25, 0.3) is 0 Å². The van der Waals surface area contributed by atoms with Crippen LogP contribution in [0, 0.1) is 5.82 Å². The summed E-state index contributed by atoms with van der Waals surface area (Å²) >= 11 is 22.7. The van der Waals surface area contributed by atoms with Gasteiger partial charge in [-0.25, -0.2) is 4.39 Å². The van der Waals surface area contributed by atoms with E-state index in [4.69, 9.17) is 34.8 Å². The van der Waals surface area contributed by atoms with Gasteiger partial charge in [-0.15, -0.1) is 11.3 Å². The molecule has 1 N–H and O–H groups in total. The van der Waals surface area contributed by atoms with E-state index in [2.05, 4.69) is 21.2 Å². The molecule has 0 fully saturated rings. The first-order chi connectivity index (χ1) is 9.95. The van der Waals surface area contributed by atoms with Crippen LogP contribution < -0.4 is 5.32 Å². The molecule has 1 atom stereocenters. The zero-order valence-electron chi connectivity index (χ0n) is 11.0. The Labute approximate surface area is 150 Å². The molecular formula is C14H12BrCl3FNS. The lowest BCUT2D eigenvalue weighted by molar-refractivity contribution is 0.547. The fourth-order valence-electron chi connectivity index (χ4n) is 1.99. The van der Waals surface area contributed by atoms with Gasteiger partial charge in [0.25, 0.3) is 0 Å². The number of thiophene rings is 1. The molecule has 0 radical (unpaired) electrons. The van der Waals surface area contributed by atoms with Crippen molar-refractivity contribution in [1.82, 2.24) is 5.32 Å².